The molecule has 0 amide bonds. The minimum Gasteiger partial charge on any atom is -0.315 e. The molecule has 0 atom stereocenters. The van der Waals surface area contributed by atoms with Gasteiger partial charge in [0.25, 0.3) is 0 Å². The average molecular weight is 627 g/mol. The summed E-state index contributed by atoms with van der Waals surface area (Å²) in [7, 11) is 0. The van der Waals surface area contributed by atoms with E-state index in [2.05, 4.69) is 74.7 Å². The van der Waals surface area contributed by atoms with Crippen LogP contribution in [0.1, 0.15) is 56.5 Å². The standard InChI is InChI=1S/C28H28N5.Ir/c1-18(2)22-13-9-14-23(19(3)4)27(22)33-28(29-17-30-33)24-15-10-16-25-26(24)31-20(5)32(25)21-11-7-6-8-12-21;/h6-14,16-19H,1-5H3;/q-1;. The predicted octanol–water partition coefficient (Wildman–Crippen LogP) is 6.63. The third-order valence-corrected chi connectivity index (χ3v) is 6.13. The van der Waals surface area contributed by atoms with Gasteiger partial charge in [0.2, 0.25) is 0 Å². The molecule has 0 fully saturated rings. The Morgan fingerprint density at radius 2 is 1.53 bits per heavy atom. The van der Waals surface area contributed by atoms with Crippen molar-refractivity contribution in [3.63, 3.8) is 0 Å². The quantitative estimate of drug-likeness (QED) is 0.206. The van der Waals surface area contributed by atoms with Gasteiger partial charge in [0.1, 0.15) is 6.33 Å². The zero-order valence-corrected chi connectivity index (χ0v) is 22.5. The van der Waals surface area contributed by atoms with Crippen LogP contribution in [0.4, 0.5) is 0 Å². The van der Waals surface area contributed by atoms with Crippen molar-refractivity contribution in [2.24, 2.45) is 0 Å². The van der Waals surface area contributed by atoms with E-state index in [9.17, 15) is 0 Å². The Hall–Kier alpha value is -3.08. The summed E-state index contributed by atoms with van der Waals surface area (Å²) in [6, 6.07) is 24.3. The van der Waals surface area contributed by atoms with Crippen molar-refractivity contribution in [1.82, 2.24) is 24.3 Å². The van der Waals surface area contributed by atoms with E-state index in [0.29, 0.717) is 11.8 Å². The Kier molecular flexibility index (Phi) is 6.83. The largest absolute Gasteiger partial charge is 0.315 e. The third-order valence-electron chi connectivity index (χ3n) is 6.13. The molecule has 1 radical (unpaired) electrons. The monoisotopic (exact) mass is 627 g/mol. The van der Waals surface area contributed by atoms with Crippen molar-refractivity contribution < 1.29 is 20.1 Å². The molecule has 0 aliphatic carbocycles. The molecule has 0 bridgehead atoms. The van der Waals surface area contributed by atoms with Crippen molar-refractivity contribution in [2.45, 2.75) is 46.5 Å². The van der Waals surface area contributed by atoms with Gasteiger partial charge >= 0.3 is 0 Å². The second-order valence-corrected chi connectivity index (χ2v) is 9.01. The van der Waals surface area contributed by atoms with Crippen molar-refractivity contribution >= 4 is 11.0 Å². The number of rotatable bonds is 5. The molecule has 0 N–H and O–H groups in total. The number of aryl methyl sites for hydroxylation is 1. The zero-order chi connectivity index (χ0) is 23.1. The molecule has 0 aliphatic rings. The van der Waals surface area contributed by atoms with E-state index in [0.717, 1.165) is 39.6 Å². The SMILES string of the molecule is Cc1nc2c(-c3ncnn3-c3c(C(C)C)cccc3C(C)C)[c-]ccc2n1-c1ccccc1.[Ir]. The van der Waals surface area contributed by atoms with E-state index >= 15 is 0 Å². The van der Waals surface area contributed by atoms with Crippen molar-refractivity contribution in [3.8, 4) is 22.8 Å². The number of para-hydroxylation sites is 2. The molecule has 175 valence electrons. The first-order valence-electron chi connectivity index (χ1n) is 11.5. The van der Waals surface area contributed by atoms with Crippen LogP contribution in [0.15, 0.2) is 67.0 Å². The Balaban J connectivity index is 0.00000274. The molecule has 0 saturated heterocycles. The molecule has 2 aromatic heterocycles. The number of nitrogens with zero attached hydrogens (tertiary/aromatic N) is 5. The molecule has 5 aromatic rings. The Morgan fingerprint density at radius 3 is 2.18 bits per heavy atom. The summed E-state index contributed by atoms with van der Waals surface area (Å²) in [6.45, 7) is 10.9. The average Bonchev–Trinajstić information content (AvgIpc) is 3.42. The van der Waals surface area contributed by atoms with Crippen LogP contribution in [0.25, 0.3) is 33.8 Å². The fourth-order valence-corrected chi connectivity index (χ4v) is 4.56. The van der Waals surface area contributed by atoms with Crippen LogP contribution >= 0.6 is 0 Å². The second-order valence-electron chi connectivity index (χ2n) is 9.01. The van der Waals surface area contributed by atoms with Crippen LogP contribution in [0.5, 0.6) is 0 Å². The molecule has 0 saturated carbocycles. The summed E-state index contributed by atoms with van der Waals surface area (Å²) in [5, 5.41) is 4.69. The van der Waals surface area contributed by atoms with E-state index in [1.807, 2.05) is 35.9 Å². The smallest absolute Gasteiger partial charge is 0.127 e. The Morgan fingerprint density at radius 1 is 0.853 bits per heavy atom. The van der Waals surface area contributed by atoms with Gasteiger partial charge in [-0.2, -0.15) is 5.10 Å². The minimum absolute atomic E-state index is 0. The molecule has 34 heavy (non-hydrogen) atoms. The van der Waals surface area contributed by atoms with E-state index in [4.69, 9.17) is 15.1 Å². The molecule has 0 aliphatic heterocycles. The normalized spacial score (nSPS) is 11.4. The van der Waals surface area contributed by atoms with Gasteiger partial charge in [0, 0.05) is 31.3 Å². The summed E-state index contributed by atoms with van der Waals surface area (Å²) in [5.74, 6) is 2.40. The van der Waals surface area contributed by atoms with Crippen LogP contribution in [0, 0.1) is 13.0 Å². The molecule has 0 unspecified atom stereocenters. The molecule has 2 heterocycles. The number of benzene rings is 3. The number of hydrogen-bond donors (Lipinski definition) is 0. The maximum atomic E-state index is 4.95. The molecular weight excluding hydrogens is 599 g/mol. The van der Waals surface area contributed by atoms with Gasteiger partial charge in [0.05, 0.1) is 17.3 Å². The van der Waals surface area contributed by atoms with E-state index in [-0.39, 0.29) is 20.1 Å². The first kappa shape index (κ1) is 24.1. The number of imidazole rings is 1. The first-order chi connectivity index (χ1) is 16.0. The maximum Gasteiger partial charge on any atom is 0.127 e. The van der Waals surface area contributed by atoms with Crippen LogP contribution in [0.2, 0.25) is 0 Å². The Labute approximate surface area is 214 Å². The van der Waals surface area contributed by atoms with Gasteiger partial charge in [-0.1, -0.05) is 69.7 Å². The minimum atomic E-state index is 0. The van der Waals surface area contributed by atoms with Gasteiger partial charge in [-0.25, -0.2) is 0 Å². The number of hydrogen-bond acceptors (Lipinski definition) is 3. The van der Waals surface area contributed by atoms with Gasteiger partial charge in [-0.3, -0.25) is 14.6 Å². The zero-order valence-electron chi connectivity index (χ0n) is 20.1. The molecule has 6 heteroatoms. The summed E-state index contributed by atoms with van der Waals surface area (Å²) in [5.41, 5.74) is 7.47. The fourth-order valence-electron chi connectivity index (χ4n) is 4.56. The molecule has 3 aromatic carbocycles. The van der Waals surface area contributed by atoms with Crippen molar-refractivity contribution in [3.05, 3.63) is 90.0 Å². The predicted molar refractivity (Wildman–Crippen MR) is 133 cm³/mol. The molecule has 5 nitrogen and oxygen atoms in total. The fraction of sp³-hybridized carbons (Fsp3) is 0.250. The molecular formula is C28H28IrN5-. The number of fused-ring (bicyclic) bond motifs is 1. The van der Waals surface area contributed by atoms with Crippen LogP contribution < -0.4 is 0 Å². The molecule has 0 spiro atoms. The summed E-state index contributed by atoms with van der Waals surface area (Å²) in [4.78, 5) is 9.64. The second kappa shape index (κ2) is 9.65. The topological polar surface area (TPSA) is 48.5 Å². The van der Waals surface area contributed by atoms with Crippen LogP contribution in [-0.2, 0) is 20.1 Å². The van der Waals surface area contributed by atoms with Gasteiger partial charge in [-0.15, -0.1) is 18.2 Å². The Bertz CT molecular complexity index is 1400. The van der Waals surface area contributed by atoms with E-state index in [1.165, 1.54) is 11.1 Å². The summed E-state index contributed by atoms with van der Waals surface area (Å²) in [6.07, 6.45) is 1.63. The molecule has 5 rings (SSSR count). The first-order valence-corrected chi connectivity index (χ1v) is 11.5. The van der Waals surface area contributed by atoms with E-state index < -0.39 is 0 Å². The van der Waals surface area contributed by atoms with Crippen molar-refractivity contribution in [1.29, 1.82) is 0 Å². The summed E-state index contributed by atoms with van der Waals surface area (Å²) < 4.78 is 4.15. The van der Waals surface area contributed by atoms with Crippen LogP contribution in [-0.4, -0.2) is 24.3 Å². The van der Waals surface area contributed by atoms with Crippen LogP contribution in [0.3, 0.4) is 0 Å². The van der Waals surface area contributed by atoms with E-state index in [1.54, 1.807) is 6.33 Å². The van der Waals surface area contributed by atoms with Gasteiger partial charge < -0.3 is 4.57 Å². The third kappa shape index (κ3) is 4.02. The number of aromatic nitrogens is 5. The van der Waals surface area contributed by atoms with Crippen molar-refractivity contribution in [2.75, 3.05) is 0 Å². The van der Waals surface area contributed by atoms with Gasteiger partial charge in [-0.05, 0) is 47.5 Å². The maximum absolute atomic E-state index is 4.95. The van der Waals surface area contributed by atoms with Gasteiger partial charge in [0.15, 0.2) is 0 Å². The summed E-state index contributed by atoms with van der Waals surface area (Å²) >= 11 is 0.